The Hall–Kier alpha value is -4.55. The van der Waals surface area contributed by atoms with Crippen molar-refractivity contribution in [3.63, 3.8) is 0 Å². The van der Waals surface area contributed by atoms with Crippen LogP contribution in [0.3, 0.4) is 0 Å². The van der Waals surface area contributed by atoms with E-state index in [0.717, 1.165) is 43.8 Å². The normalized spacial score (nSPS) is 24.7. The molecule has 0 radical (unpaired) electrons. The van der Waals surface area contributed by atoms with Crippen molar-refractivity contribution in [3.8, 4) is 16.6 Å². The van der Waals surface area contributed by atoms with Crippen LogP contribution in [0.1, 0.15) is 117 Å². The number of aromatic nitrogens is 3. The van der Waals surface area contributed by atoms with E-state index in [9.17, 15) is 27.6 Å². The van der Waals surface area contributed by atoms with Crippen molar-refractivity contribution < 1.29 is 37.1 Å². The fourth-order valence-corrected chi connectivity index (χ4v) is 9.87. The maximum absolute atomic E-state index is 14.7. The fraction of sp³-hybridized carbons (Fsp3) is 0.628. The van der Waals surface area contributed by atoms with E-state index in [4.69, 9.17) is 19.4 Å². The molecule has 0 bridgehead atoms. The lowest BCUT2D eigenvalue weighted by atomic mass is 9.91. The molecule has 6 rings (SSSR count). The van der Waals surface area contributed by atoms with Gasteiger partial charge in [0.1, 0.15) is 39.9 Å². The number of amides is 4. The number of ether oxygens (including phenoxy) is 2. The third-order valence-electron chi connectivity index (χ3n) is 11.3. The molecule has 0 unspecified atom stereocenters. The number of carbonyl (C=O) groups excluding carboxylic acids is 4. The zero-order valence-corrected chi connectivity index (χ0v) is 38.9. The van der Waals surface area contributed by atoms with Gasteiger partial charge in [0.2, 0.25) is 11.8 Å². The number of benzene rings is 1. The topological polar surface area (TPSA) is 194 Å². The van der Waals surface area contributed by atoms with E-state index >= 15 is 0 Å². The van der Waals surface area contributed by atoms with Gasteiger partial charge in [-0.15, -0.1) is 11.3 Å². The van der Waals surface area contributed by atoms with Gasteiger partial charge in [-0.25, -0.2) is 14.5 Å². The molecule has 3 aromatic rings. The van der Waals surface area contributed by atoms with Gasteiger partial charge in [0.25, 0.3) is 11.9 Å². The molecule has 61 heavy (non-hydrogen) atoms. The predicted molar refractivity (Wildman–Crippen MR) is 234 cm³/mol. The lowest BCUT2D eigenvalue weighted by molar-refractivity contribution is -0.141. The first-order valence-corrected chi connectivity index (χ1v) is 23.4. The lowest BCUT2D eigenvalue weighted by Gasteiger charge is -2.30. The number of carbonyl (C=O) groups is 4. The highest BCUT2D eigenvalue weighted by Crippen LogP contribution is 2.46. The van der Waals surface area contributed by atoms with Crippen molar-refractivity contribution in [2.24, 2.45) is 5.92 Å². The second-order valence-corrected chi connectivity index (χ2v) is 22.0. The van der Waals surface area contributed by atoms with Crippen LogP contribution in [0.4, 0.5) is 4.79 Å². The lowest BCUT2D eigenvalue weighted by Crippen LogP contribution is -2.58. The monoisotopic (exact) mass is 882 g/mol. The van der Waals surface area contributed by atoms with Gasteiger partial charge in [0.15, 0.2) is 0 Å². The van der Waals surface area contributed by atoms with Crippen LogP contribution in [0, 0.1) is 12.8 Å². The molecule has 4 heterocycles. The van der Waals surface area contributed by atoms with Crippen LogP contribution in [0.25, 0.3) is 21.6 Å². The van der Waals surface area contributed by atoms with E-state index in [1.807, 2.05) is 48.8 Å². The largest absolute Gasteiger partial charge is 0.459 e. The molecular weight excluding hydrogens is 821 g/mol. The van der Waals surface area contributed by atoms with E-state index in [1.165, 1.54) is 19.0 Å². The first-order chi connectivity index (χ1) is 28.4. The van der Waals surface area contributed by atoms with Gasteiger partial charge in [0, 0.05) is 48.3 Å². The molecule has 334 valence electrons. The maximum Gasteiger partial charge on any atom is 0.408 e. The van der Waals surface area contributed by atoms with Crippen LogP contribution >= 0.6 is 11.3 Å². The molecule has 0 spiro atoms. The van der Waals surface area contributed by atoms with E-state index in [2.05, 4.69) is 43.1 Å². The molecule has 16 nitrogen and oxygen atoms in total. The van der Waals surface area contributed by atoms with Gasteiger partial charge in [-0.05, 0) is 79.4 Å². The van der Waals surface area contributed by atoms with Crippen molar-refractivity contribution in [2.45, 2.75) is 148 Å². The highest BCUT2D eigenvalue weighted by Gasteiger charge is 2.62. The molecule has 3 N–H and O–H groups in total. The molecule has 2 aromatic heterocycles. The van der Waals surface area contributed by atoms with Crippen molar-refractivity contribution in [1.82, 2.24) is 39.1 Å². The minimum Gasteiger partial charge on any atom is -0.459 e. The molecule has 1 aromatic carbocycles. The number of rotatable bonds is 8. The van der Waals surface area contributed by atoms with Gasteiger partial charge in [-0.1, -0.05) is 51.8 Å². The standard InChI is InChI=1S/C43H62N8O8S2/c1-25(2)51-31-21-17-19-29(36-46-34(26(3)60-36)41(4,5)6)33(31)45-39(51)58-28-22-32-35(52)47-43(38(54)48-61(56,57)49(10)11)23-27(43)18-15-13-12-14-16-20-30(37(53)50(32)24-28)44-40(55)59-42(7,8)9/h15,17-19,21,25,27-28,30,32H,12-14,16,20,22-24H2,1-11H3,(H,44,55)(H,47,52)(H,48,54)/b18-15-/t27-,28-,30+,32+,43-/m1/s1. The zero-order valence-electron chi connectivity index (χ0n) is 37.2. The van der Waals surface area contributed by atoms with E-state index < -0.39 is 69.3 Å². The second-order valence-electron chi connectivity index (χ2n) is 18.9. The Morgan fingerprint density at radius 2 is 1.79 bits per heavy atom. The summed E-state index contributed by atoms with van der Waals surface area (Å²) in [6, 6.07) is 4.00. The smallest absolute Gasteiger partial charge is 0.408 e. The first kappa shape index (κ1) is 46.0. The molecule has 1 saturated carbocycles. The Bertz CT molecular complexity index is 2300. The van der Waals surface area contributed by atoms with Gasteiger partial charge in [-0.3, -0.25) is 19.0 Å². The van der Waals surface area contributed by atoms with Crippen LogP contribution in [0.15, 0.2) is 30.4 Å². The number of hydrogen-bond donors (Lipinski definition) is 3. The van der Waals surface area contributed by atoms with Crippen LogP contribution < -0.4 is 20.1 Å². The number of alkyl carbamates (subject to hydrolysis) is 1. The summed E-state index contributed by atoms with van der Waals surface area (Å²) in [4.78, 5) is 68.9. The highest BCUT2D eigenvalue weighted by atomic mass is 32.2. The minimum atomic E-state index is -4.18. The summed E-state index contributed by atoms with van der Waals surface area (Å²) in [5, 5.41) is 6.50. The van der Waals surface area contributed by atoms with Crippen molar-refractivity contribution in [3.05, 3.63) is 40.9 Å². The Kier molecular flexibility index (Phi) is 13.0. The molecule has 2 aliphatic heterocycles. The number of nitrogens with one attached hydrogen (secondary N) is 3. The number of allylic oxidation sites excluding steroid dienone is 1. The van der Waals surface area contributed by atoms with Crippen molar-refractivity contribution in [2.75, 3.05) is 20.6 Å². The number of aryl methyl sites for hydroxylation is 1. The zero-order chi connectivity index (χ0) is 44.8. The molecule has 18 heteroatoms. The molecule has 3 aliphatic rings. The highest BCUT2D eigenvalue weighted by molar-refractivity contribution is 7.87. The fourth-order valence-electron chi connectivity index (χ4n) is 8.12. The molecule has 4 amide bonds. The van der Waals surface area contributed by atoms with E-state index in [1.54, 1.807) is 32.1 Å². The van der Waals surface area contributed by atoms with Gasteiger partial charge >= 0.3 is 16.3 Å². The maximum atomic E-state index is 14.7. The van der Waals surface area contributed by atoms with Crippen LogP contribution in [0.5, 0.6) is 6.01 Å². The number of para-hydroxylation sites is 1. The molecular formula is C43H62N8O8S2. The Morgan fingerprint density at radius 3 is 2.43 bits per heavy atom. The number of nitrogens with zero attached hydrogens (tertiary/aromatic N) is 5. The number of imidazole rings is 1. The SMILES string of the molecule is Cc1sc(-c2cccc3c2nc(O[C@@H]2C[C@H]4C(=O)N[C@]5(C(=O)NS(=O)(=O)N(C)C)C[C@H]5/C=C\CCCCC[C@H](NC(=O)OC(C)(C)C)C(=O)N4C2)n3C(C)C)nc1C(C)(C)C. The number of thiazole rings is 1. The molecule has 2 fully saturated rings. The van der Waals surface area contributed by atoms with Crippen LogP contribution in [-0.2, 0) is 34.7 Å². The second kappa shape index (κ2) is 17.3. The van der Waals surface area contributed by atoms with Gasteiger partial charge < -0.3 is 25.0 Å². The minimum absolute atomic E-state index is 0.0275. The van der Waals surface area contributed by atoms with Crippen molar-refractivity contribution in [1.29, 1.82) is 0 Å². The summed E-state index contributed by atoms with van der Waals surface area (Å²) >= 11 is 1.61. The summed E-state index contributed by atoms with van der Waals surface area (Å²) in [6.45, 7) is 17.7. The van der Waals surface area contributed by atoms with Crippen molar-refractivity contribution >= 4 is 56.4 Å². The van der Waals surface area contributed by atoms with Gasteiger partial charge in [0.05, 0.1) is 17.8 Å². The Labute approximate surface area is 363 Å². The van der Waals surface area contributed by atoms with E-state index in [0.29, 0.717) is 30.8 Å². The van der Waals surface area contributed by atoms with Crippen LogP contribution in [0.2, 0.25) is 0 Å². The summed E-state index contributed by atoms with van der Waals surface area (Å²) in [5.74, 6) is -2.49. The molecule has 5 atom stereocenters. The summed E-state index contributed by atoms with van der Waals surface area (Å²) in [7, 11) is -1.59. The summed E-state index contributed by atoms with van der Waals surface area (Å²) in [5.41, 5.74) is 0.896. The summed E-state index contributed by atoms with van der Waals surface area (Å²) in [6.07, 6.45) is 5.60. The predicted octanol–water partition coefficient (Wildman–Crippen LogP) is 5.91. The molecule has 1 aliphatic carbocycles. The summed E-state index contributed by atoms with van der Waals surface area (Å²) < 4.78 is 42.9. The first-order valence-electron chi connectivity index (χ1n) is 21.1. The Balaban J connectivity index is 1.37. The number of fused-ring (bicyclic) bond motifs is 3. The average Bonchev–Trinajstić information content (AvgIpc) is 3.43. The Morgan fingerprint density at radius 1 is 1.07 bits per heavy atom. The average molecular weight is 883 g/mol. The third-order valence-corrected chi connectivity index (χ3v) is 13.7. The van der Waals surface area contributed by atoms with E-state index in [-0.39, 0.29) is 30.8 Å². The quantitative estimate of drug-likeness (QED) is 0.229. The van der Waals surface area contributed by atoms with Gasteiger partial charge in [-0.2, -0.15) is 17.7 Å². The molecule has 1 saturated heterocycles. The number of hydrogen-bond acceptors (Lipinski definition) is 11. The van der Waals surface area contributed by atoms with Crippen LogP contribution in [-0.4, -0.2) is 106 Å². The third kappa shape index (κ3) is 10.1.